The molecule has 0 saturated heterocycles. The maximum absolute atomic E-state index is 12.9. The van der Waals surface area contributed by atoms with E-state index in [1.807, 2.05) is 13.8 Å². The average molecular weight is 337 g/mol. The van der Waals surface area contributed by atoms with Gasteiger partial charge in [0, 0.05) is 12.2 Å². The van der Waals surface area contributed by atoms with Crippen LogP contribution in [0.15, 0.2) is 42.6 Å². The maximum Gasteiger partial charge on any atom is 0.249 e. The second-order valence-corrected chi connectivity index (χ2v) is 6.04. The lowest BCUT2D eigenvalue weighted by molar-refractivity contribution is 0.627. The molecule has 0 aliphatic carbocycles. The van der Waals surface area contributed by atoms with Crippen LogP contribution in [0.1, 0.15) is 22.3 Å². The quantitative estimate of drug-likeness (QED) is 0.727. The lowest BCUT2D eigenvalue weighted by Crippen LogP contribution is -2.07. The van der Waals surface area contributed by atoms with Crippen molar-refractivity contribution in [2.75, 3.05) is 10.6 Å². The SMILES string of the molecule is Cc1cc(C)c(Nc2nncc(NCc3ccc(F)cc3)n2)c(C)c1. The van der Waals surface area contributed by atoms with Gasteiger partial charge in [0.15, 0.2) is 5.82 Å². The van der Waals surface area contributed by atoms with Gasteiger partial charge in [0.25, 0.3) is 0 Å². The fourth-order valence-electron chi connectivity index (χ4n) is 2.73. The van der Waals surface area contributed by atoms with Crippen molar-refractivity contribution in [2.45, 2.75) is 27.3 Å². The number of rotatable bonds is 5. The second-order valence-electron chi connectivity index (χ2n) is 6.04. The van der Waals surface area contributed by atoms with Crippen molar-refractivity contribution in [1.82, 2.24) is 15.2 Å². The van der Waals surface area contributed by atoms with Gasteiger partial charge in [0.1, 0.15) is 5.82 Å². The zero-order valence-electron chi connectivity index (χ0n) is 14.5. The molecule has 2 N–H and O–H groups in total. The van der Waals surface area contributed by atoms with Gasteiger partial charge >= 0.3 is 0 Å². The first-order valence-corrected chi connectivity index (χ1v) is 8.04. The van der Waals surface area contributed by atoms with Crippen molar-refractivity contribution in [3.63, 3.8) is 0 Å². The first-order valence-electron chi connectivity index (χ1n) is 8.04. The van der Waals surface area contributed by atoms with E-state index < -0.39 is 0 Å². The number of nitrogens with zero attached hydrogens (tertiary/aromatic N) is 3. The van der Waals surface area contributed by atoms with Crippen molar-refractivity contribution in [3.8, 4) is 0 Å². The van der Waals surface area contributed by atoms with Crippen LogP contribution in [-0.4, -0.2) is 15.2 Å². The fraction of sp³-hybridized carbons (Fsp3) is 0.211. The van der Waals surface area contributed by atoms with Crippen molar-refractivity contribution in [3.05, 3.63) is 70.7 Å². The summed E-state index contributed by atoms with van der Waals surface area (Å²) in [6, 6.07) is 10.6. The summed E-state index contributed by atoms with van der Waals surface area (Å²) >= 11 is 0. The lowest BCUT2D eigenvalue weighted by Gasteiger charge is -2.13. The van der Waals surface area contributed by atoms with Gasteiger partial charge in [-0.3, -0.25) is 0 Å². The maximum atomic E-state index is 12.9. The minimum atomic E-state index is -0.247. The van der Waals surface area contributed by atoms with Gasteiger partial charge < -0.3 is 10.6 Å². The van der Waals surface area contributed by atoms with Crippen molar-refractivity contribution < 1.29 is 4.39 Å². The molecule has 3 aromatic rings. The zero-order chi connectivity index (χ0) is 17.8. The van der Waals surface area contributed by atoms with Crippen LogP contribution in [0.4, 0.5) is 21.8 Å². The second kappa shape index (κ2) is 7.25. The Morgan fingerprint density at radius 3 is 2.36 bits per heavy atom. The Bertz CT molecular complexity index is 854. The van der Waals surface area contributed by atoms with Crippen LogP contribution in [-0.2, 0) is 6.54 Å². The Labute approximate surface area is 146 Å². The van der Waals surface area contributed by atoms with E-state index in [2.05, 4.69) is 44.9 Å². The Hall–Kier alpha value is -3.02. The predicted molar refractivity (Wildman–Crippen MR) is 97.5 cm³/mol. The summed E-state index contributed by atoms with van der Waals surface area (Å²) in [5.74, 6) is 0.783. The molecule has 2 aromatic carbocycles. The van der Waals surface area contributed by atoms with Crippen LogP contribution in [0, 0.1) is 26.6 Å². The largest absolute Gasteiger partial charge is 0.365 e. The molecule has 128 valence electrons. The number of aromatic nitrogens is 3. The standard InChI is InChI=1S/C19H20FN5/c1-12-8-13(2)18(14(3)9-12)24-19-23-17(11-22-25-19)21-10-15-4-6-16(20)7-5-15/h4-9,11H,10H2,1-3H3,(H2,21,23,24,25). The first kappa shape index (κ1) is 16.8. The van der Waals surface area contributed by atoms with E-state index in [0.717, 1.165) is 22.4 Å². The normalized spacial score (nSPS) is 10.6. The molecule has 1 aromatic heterocycles. The van der Waals surface area contributed by atoms with Crippen LogP contribution >= 0.6 is 0 Å². The molecule has 0 unspecified atom stereocenters. The number of nitrogens with one attached hydrogen (secondary N) is 2. The van der Waals surface area contributed by atoms with Gasteiger partial charge in [-0.1, -0.05) is 29.8 Å². The van der Waals surface area contributed by atoms with Crippen LogP contribution < -0.4 is 10.6 Å². The highest BCUT2D eigenvalue weighted by Crippen LogP contribution is 2.24. The van der Waals surface area contributed by atoms with E-state index in [-0.39, 0.29) is 5.82 Å². The third kappa shape index (κ3) is 4.29. The van der Waals surface area contributed by atoms with Crippen LogP contribution in [0.2, 0.25) is 0 Å². The molecule has 3 rings (SSSR count). The summed E-state index contributed by atoms with van der Waals surface area (Å²) in [6.45, 7) is 6.70. The molecule has 0 saturated carbocycles. The third-order valence-corrected chi connectivity index (χ3v) is 3.86. The smallest absolute Gasteiger partial charge is 0.249 e. The highest BCUT2D eigenvalue weighted by molar-refractivity contribution is 5.64. The summed E-state index contributed by atoms with van der Waals surface area (Å²) in [7, 11) is 0. The van der Waals surface area contributed by atoms with Crippen LogP contribution in [0.5, 0.6) is 0 Å². The molecule has 5 nitrogen and oxygen atoms in total. The molecular weight excluding hydrogens is 317 g/mol. The van der Waals surface area contributed by atoms with Gasteiger partial charge in [-0.15, -0.1) is 5.10 Å². The third-order valence-electron chi connectivity index (χ3n) is 3.86. The van der Waals surface area contributed by atoms with Gasteiger partial charge in [-0.25, -0.2) is 4.39 Å². The van der Waals surface area contributed by atoms with E-state index in [0.29, 0.717) is 18.3 Å². The summed E-state index contributed by atoms with van der Waals surface area (Å²) in [4.78, 5) is 4.44. The number of anilines is 3. The molecule has 0 amide bonds. The van der Waals surface area contributed by atoms with Gasteiger partial charge in [-0.2, -0.15) is 10.1 Å². The Balaban J connectivity index is 1.72. The van der Waals surface area contributed by atoms with Gasteiger partial charge in [-0.05, 0) is 49.6 Å². The molecule has 1 heterocycles. The number of halogens is 1. The molecule has 25 heavy (non-hydrogen) atoms. The number of benzene rings is 2. The molecule has 0 atom stereocenters. The van der Waals surface area contributed by atoms with Crippen LogP contribution in [0.3, 0.4) is 0 Å². The van der Waals surface area contributed by atoms with E-state index in [9.17, 15) is 4.39 Å². The van der Waals surface area contributed by atoms with Crippen molar-refractivity contribution in [2.24, 2.45) is 0 Å². The number of aryl methyl sites for hydroxylation is 3. The Morgan fingerprint density at radius 2 is 1.68 bits per heavy atom. The topological polar surface area (TPSA) is 62.7 Å². The monoisotopic (exact) mass is 337 g/mol. The predicted octanol–water partition coefficient (Wildman–Crippen LogP) is 4.29. The van der Waals surface area contributed by atoms with E-state index in [1.165, 1.54) is 17.7 Å². The Kier molecular flexibility index (Phi) is 4.88. The number of hydrogen-bond acceptors (Lipinski definition) is 5. The molecule has 0 radical (unpaired) electrons. The highest BCUT2D eigenvalue weighted by Gasteiger charge is 2.07. The molecule has 6 heteroatoms. The molecule has 0 spiro atoms. The molecule has 0 bridgehead atoms. The minimum Gasteiger partial charge on any atom is -0.365 e. The summed E-state index contributed by atoms with van der Waals surface area (Å²) in [5, 5.41) is 14.4. The zero-order valence-corrected chi connectivity index (χ0v) is 14.5. The van der Waals surface area contributed by atoms with Crippen molar-refractivity contribution in [1.29, 1.82) is 0 Å². The summed E-state index contributed by atoms with van der Waals surface area (Å²) < 4.78 is 12.9. The van der Waals surface area contributed by atoms with Crippen molar-refractivity contribution >= 4 is 17.5 Å². The van der Waals surface area contributed by atoms with Gasteiger partial charge in [0.2, 0.25) is 5.95 Å². The van der Waals surface area contributed by atoms with Gasteiger partial charge in [0.05, 0.1) is 6.20 Å². The first-order chi connectivity index (χ1) is 12.0. The molecule has 0 fully saturated rings. The van der Waals surface area contributed by atoms with E-state index in [4.69, 9.17) is 0 Å². The highest BCUT2D eigenvalue weighted by atomic mass is 19.1. The van der Waals surface area contributed by atoms with Crippen LogP contribution in [0.25, 0.3) is 0 Å². The summed E-state index contributed by atoms with van der Waals surface area (Å²) in [6.07, 6.45) is 1.56. The average Bonchev–Trinajstić information content (AvgIpc) is 2.58. The molecular formula is C19H20FN5. The molecule has 0 aliphatic heterocycles. The lowest BCUT2D eigenvalue weighted by atomic mass is 10.1. The van der Waals surface area contributed by atoms with E-state index in [1.54, 1.807) is 18.3 Å². The summed E-state index contributed by atoms with van der Waals surface area (Å²) in [5.41, 5.74) is 5.42. The fourth-order valence-corrected chi connectivity index (χ4v) is 2.73. The van der Waals surface area contributed by atoms with E-state index >= 15 is 0 Å². The Morgan fingerprint density at radius 1 is 1.00 bits per heavy atom. The minimum absolute atomic E-state index is 0.247. The molecule has 0 aliphatic rings. The number of hydrogen-bond donors (Lipinski definition) is 2.